The van der Waals surface area contributed by atoms with Gasteiger partial charge in [0.25, 0.3) is 0 Å². The van der Waals surface area contributed by atoms with E-state index in [4.69, 9.17) is 20.3 Å². The summed E-state index contributed by atoms with van der Waals surface area (Å²) < 4.78 is 11.1. The Hall–Kier alpha value is -1.17. The number of hydrogen-bond donors (Lipinski definition) is 2. The van der Waals surface area contributed by atoms with Crippen LogP contribution in [0.2, 0.25) is 0 Å². The van der Waals surface area contributed by atoms with Crippen molar-refractivity contribution in [2.45, 2.75) is 33.5 Å². The first kappa shape index (κ1) is 17.9. The van der Waals surface area contributed by atoms with Gasteiger partial charge in [0.15, 0.2) is 6.29 Å². The van der Waals surface area contributed by atoms with E-state index in [0.29, 0.717) is 36.1 Å². The number of benzene rings is 1. The van der Waals surface area contributed by atoms with Crippen LogP contribution < -0.4 is 0 Å². The second-order valence-corrected chi connectivity index (χ2v) is 5.75. The fraction of sp³-hybridized carbons (Fsp3) is 0.500. The molecule has 0 atom stereocenters. The zero-order chi connectivity index (χ0) is 15.7. The van der Waals surface area contributed by atoms with E-state index in [-0.39, 0.29) is 6.29 Å². The minimum absolute atomic E-state index is 0.207. The molecule has 0 aromatic heterocycles. The van der Waals surface area contributed by atoms with Crippen molar-refractivity contribution in [2.24, 2.45) is 0 Å². The molecule has 0 fully saturated rings. The molecule has 0 amide bonds. The Labute approximate surface area is 131 Å². The van der Waals surface area contributed by atoms with Crippen LogP contribution in [-0.2, 0) is 15.9 Å². The third-order valence-electron chi connectivity index (χ3n) is 2.84. The zero-order valence-electron chi connectivity index (χ0n) is 12.9. The molecule has 116 valence electrons. The Balaban J connectivity index is 2.60. The van der Waals surface area contributed by atoms with E-state index in [9.17, 15) is 0 Å². The van der Waals surface area contributed by atoms with Crippen LogP contribution in [0.5, 0.6) is 0 Å². The predicted molar refractivity (Wildman–Crippen MR) is 89.9 cm³/mol. The van der Waals surface area contributed by atoms with Crippen molar-refractivity contribution in [1.82, 2.24) is 0 Å². The fourth-order valence-electron chi connectivity index (χ4n) is 1.84. The summed E-state index contributed by atoms with van der Waals surface area (Å²) in [7, 11) is 0. The quantitative estimate of drug-likeness (QED) is 0.415. The highest BCUT2D eigenvalue weighted by molar-refractivity contribution is 8.14. The van der Waals surface area contributed by atoms with Crippen LogP contribution in [0, 0.1) is 10.8 Å². The molecule has 0 saturated carbocycles. The predicted octanol–water partition coefficient (Wildman–Crippen LogP) is 3.73. The van der Waals surface area contributed by atoms with Crippen LogP contribution in [0.25, 0.3) is 0 Å². The van der Waals surface area contributed by atoms with Crippen LogP contribution in [0.3, 0.4) is 0 Å². The van der Waals surface area contributed by atoms with E-state index in [2.05, 4.69) is 0 Å². The summed E-state index contributed by atoms with van der Waals surface area (Å²) in [5.74, 6) is 0.537. The highest BCUT2D eigenvalue weighted by Crippen LogP contribution is 2.12. The standard InChI is InChI=1S/C16H24N2O2S/c1-4-19-16(20-5-2)10-13-6-8-14(9-7-13)15(18)11-21-12(3)17/h6-9,16-18H,4-5,10-11H2,1-3H3. The van der Waals surface area contributed by atoms with Crippen molar-refractivity contribution >= 4 is 22.5 Å². The molecule has 0 aliphatic rings. The highest BCUT2D eigenvalue weighted by atomic mass is 32.2. The maximum absolute atomic E-state index is 8.00. The minimum Gasteiger partial charge on any atom is -0.353 e. The number of hydrogen-bond acceptors (Lipinski definition) is 5. The molecule has 1 aromatic carbocycles. The van der Waals surface area contributed by atoms with Gasteiger partial charge in [0, 0.05) is 31.1 Å². The largest absolute Gasteiger partial charge is 0.353 e. The van der Waals surface area contributed by atoms with Gasteiger partial charge < -0.3 is 14.9 Å². The average Bonchev–Trinajstić information content (AvgIpc) is 2.46. The molecule has 0 unspecified atom stereocenters. The van der Waals surface area contributed by atoms with Crippen molar-refractivity contribution in [2.75, 3.05) is 19.0 Å². The summed E-state index contributed by atoms with van der Waals surface area (Å²) >= 11 is 1.38. The SMILES string of the molecule is CCOC(Cc1ccc(C(=N)CSC(C)=N)cc1)OCC. The van der Waals surface area contributed by atoms with E-state index in [0.717, 1.165) is 11.1 Å². The van der Waals surface area contributed by atoms with Crippen molar-refractivity contribution in [3.63, 3.8) is 0 Å². The van der Waals surface area contributed by atoms with E-state index < -0.39 is 0 Å². The smallest absolute Gasteiger partial charge is 0.161 e. The van der Waals surface area contributed by atoms with Crippen molar-refractivity contribution < 1.29 is 9.47 Å². The summed E-state index contributed by atoms with van der Waals surface area (Å²) in [5.41, 5.74) is 2.58. The molecule has 0 radical (unpaired) electrons. The first-order valence-corrected chi connectivity index (χ1v) is 8.13. The van der Waals surface area contributed by atoms with E-state index in [1.807, 2.05) is 38.1 Å². The Morgan fingerprint density at radius 1 is 1.10 bits per heavy atom. The third kappa shape index (κ3) is 6.89. The molecule has 1 aromatic rings. The second kappa shape index (κ2) is 9.71. The summed E-state index contributed by atoms with van der Waals surface area (Å²) in [4.78, 5) is 0. The topological polar surface area (TPSA) is 66.2 Å². The van der Waals surface area contributed by atoms with Gasteiger partial charge in [0.1, 0.15) is 0 Å². The third-order valence-corrected chi connectivity index (χ3v) is 3.71. The number of ether oxygens (including phenoxy) is 2. The van der Waals surface area contributed by atoms with Gasteiger partial charge in [-0.3, -0.25) is 5.41 Å². The van der Waals surface area contributed by atoms with Crippen LogP contribution in [0.4, 0.5) is 0 Å². The van der Waals surface area contributed by atoms with Crippen molar-refractivity contribution in [1.29, 1.82) is 10.8 Å². The van der Waals surface area contributed by atoms with Crippen LogP contribution in [-0.4, -0.2) is 36.0 Å². The summed E-state index contributed by atoms with van der Waals surface area (Å²) in [6, 6.07) is 7.92. The molecule has 0 saturated heterocycles. The van der Waals surface area contributed by atoms with E-state index in [1.54, 1.807) is 6.92 Å². The molecule has 21 heavy (non-hydrogen) atoms. The van der Waals surface area contributed by atoms with Gasteiger partial charge in [-0.1, -0.05) is 24.3 Å². The lowest BCUT2D eigenvalue weighted by Crippen LogP contribution is -2.20. The fourth-order valence-corrected chi connectivity index (χ4v) is 2.36. The van der Waals surface area contributed by atoms with Crippen LogP contribution in [0.15, 0.2) is 24.3 Å². The molecule has 0 aliphatic heterocycles. The molecule has 5 heteroatoms. The Morgan fingerprint density at radius 3 is 2.14 bits per heavy atom. The summed E-state index contributed by atoms with van der Waals surface area (Å²) in [6.07, 6.45) is 0.505. The average molecular weight is 308 g/mol. The van der Waals surface area contributed by atoms with Gasteiger partial charge in [-0.25, -0.2) is 0 Å². The Kier molecular flexibility index (Phi) is 8.27. The highest BCUT2D eigenvalue weighted by Gasteiger charge is 2.09. The van der Waals surface area contributed by atoms with E-state index in [1.165, 1.54) is 11.8 Å². The lowest BCUT2D eigenvalue weighted by Gasteiger charge is -2.17. The lowest BCUT2D eigenvalue weighted by molar-refractivity contribution is -0.134. The molecule has 0 heterocycles. The zero-order valence-corrected chi connectivity index (χ0v) is 13.8. The van der Waals surface area contributed by atoms with Crippen molar-refractivity contribution in [3.8, 4) is 0 Å². The number of nitrogens with one attached hydrogen (secondary N) is 2. The lowest BCUT2D eigenvalue weighted by atomic mass is 10.1. The molecular formula is C16H24N2O2S. The number of rotatable bonds is 9. The minimum atomic E-state index is -0.207. The van der Waals surface area contributed by atoms with Crippen LogP contribution in [0.1, 0.15) is 31.9 Å². The van der Waals surface area contributed by atoms with Crippen molar-refractivity contribution in [3.05, 3.63) is 35.4 Å². The maximum Gasteiger partial charge on any atom is 0.161 e. The normalized spacial score (nSPS) is 10.9. The first-order chi connectivity index (χ1) is 10.1. The first-order valence-electron chi connectivity index (χ1n) is 7.14. The van der Waals surface area contributed by atoms with E-state index >= 15 is 0 Å². The molecule has 0 bridgehead atoms. The van der Waals surface area contributed by atoms with Gasteiger partial charge in [-0.15, -0.1) is 11.8 Å². The van der Waals surface area contributed by atoms with Gasteiger partial charge >= 0.3 is 0 Å². The monoisotopic (exact) mass is 308 g/mol. The molecule has 4 nitrogen and oxygen atoms in total. The molecular weight excluding hydrogens is 284 g/mol. The van der Waals surface area contributed by atoms with Gasteiger partial charge in [0.05, 0.1) is 5.04 Å². The molecule has 0 spiro atoms. The van der Waals surface area contributed by atoms with Crippen LogP contribution >= 0.6 is 11.8 Å². The van der Waals surface area contributed by atoms with Gasteiger partial charge in [0.2, 0.25) is 0 Å². The number of thioether (sulfide) groups is 1. The van der Waals surface area contributed by atoms with Gasteiger partial charge in [-0.05, 0) is 31.9 Å². The molecule has 0 aliphatic carbocycles. The molecule has 2 N–H and O–H groups in total. The second-order valence-electron chi connectivity index (χ2n) is 4.56. The Morgan fingerprint density at radius 2 is 1.67 bits per heavy atom. The summed E-state index contributed by atoms with van der Waals surface area (Å²) in [5, 5.41) is 15.9. The Bertz CT molecular complexity index is 454. The molecule has 1 rings (SSSR count). The summed E-state index contributed by atoms with van der Waals surface area (Å²) in [6.45, 7) is 6.92. The van der Waals surface area contributed by atoms with Gasteiger partial charge in [-0.2, -0.15) is 0 Å². The maximum atomic E-state index is 8.00.